The van der Waals surface area contributed by atoms with Gasteiger partial charge in [-0.05, 0) is 25.0 Å². The molecule has 9 nitrogen and oxygen atoms in total. The van der Waals surface area contributed by atoms with Crippen molar-refractivity contribution in [2.75, 3.05) is 31.1 Å². The zero-order chi connectivity index (χ0) is 19.5. The summed E-state index contributed by atoms with van der Waals surface area (Å²) in [6.07, 6.45) is 1.04. The second-order valence-corrected chi connectivity index (χ2v) is 8.10. The molecule has 1 amide bonds. The van der Waals surface area contributed by atoms with Crippen LogP contribution in [0.4, 0.5) is 11.4 Å². The Hall–Kier alpha value is -2.20. The maximum atomic E-state index is 12.6. The van der Waals surface area contributed by atoms with Crippen molar-refractivity contribution in [3.63, 3.8) is 0 Å². The monoisotopic (exact) mass is 384 g/mol. The Labute approximate surface area is 153 Å². The first-order valence-corrected chi connectivity index (χ1v) is 9.99. The quantitative estimate of drug-likeness (QED) is 0.558. The number of nitro groups is 1. The number of amides is 1. The third kappa shape index (κ3) is 3.96. The van der Waals surface area contributed by atoms with Crippen LogP contribution in [0.25, 0.3) is 0 Å². The van der Waals surface area contributed by atoms with Crippen LogP contribution in [0.5, 0.6) is 0 Å². The summed E-state index contributed by atoms with van der Waals surface area (Å²) in [6, 6.07) is 3.98. The van der Waals surface area contributed by atoms with E-state index in [4.69, 9.17) is 5.73 Å². The van der Waals surface area contributed by atoms with E-state index in [0.29, 0.717) is 31.6 Å². The Morgan fingerprint density at radius 2 is 1.88 bits per heavy atom. The number of piperidine rings is 1. The molecule has 0 radical (unpaired) electrons. The van der Waals surface area contributed by atoms with E-state index >= 15 is 0 Å². The van der Waals surface area contributed by atoms with Crippen molar-refractivity contribution in [3.05, 3.63) is 28.3 Å². The predicted molar refractivity (Wildman–Crippen MR) is 97.3 cm³/mol. The minimum Gasteiger partial charge on any atom is -0.369 e. The van der Waals surface area contributed by atoms with E-state index in [1.807, 2.05) is 0 Å². The highest BCUT2D eigenvalue weighted by atomic mass is 32.2. The van der Waals surface area contributed by atoms with Gasteiger partial charge in [0.15, 0.2) is 0 Å². The minimum absolute atomic E-state index is 0.0938. The number of rotatable bonds is 7. The molecular formula is C16H24N4O5S. The zero-order valence-corrected chi connectivity index (χ0v) is 15.7. The van der Waals surface area contributed by atoms with E-state index in [1.54, 1.807) is 18.7 Å². The summed E-state index contributed by atoms with van der Waals surface area (Å²) in [6.45, 7) is 4.91. The van der Waals surface area contributed by atoms with Gasteiger partial charge in [-0.1, -0.05) is 13.8 Å². The van der Waals surface area contributed by atoms with E-state index in [2.05, 4.69) is 0 Å². The Morgan fingerprint density at radius 3 is 2.35 bits per heavy atom. The molecule has 0 bridgehead atoms. The molecule has 1 aromatic rings. The highest BCUT2D eigenvalue weighted by Gasteiger charge is 2.30. The Kier molecular flexibility index (Phi) is 6.19. The molecule has 0 spiro atoms. The zero-order valence-electron chi connectivity index (χ0n) is 14.9. The molecule has 10 heteroatoms. The van der Waals surface area contributed by atoms with Crippen LogP contribution >= 0.6 is 0 Å². The first-order chi connectivity index (χ1) is 12.2. The number of anilines is 1. The van der Waals surface area contributed by atoms with Gasteiger partial charge in [-0.25, -0.2) is 8.42 Å². The molecule has 1 aliphatic heterocycles. The Morgan fingerprint density at radius 1 is 1.31 bits per heavy atom. The van der Waals surface area contributed by atoms with Gasteiger partial charge in [-0.3, -0.25) is 14.9 Å². The highest BCUT2D eigenvalue weighted by Crippen LogP contribution is 2.34. The number of hydrogen-bond donors (Lipinski definition) is 1. The molecule has 2 rings (SSSR count). The van der Waals surface area contributed by atoms with E-state index in [1.165, 1.54) is 16.4 Å². The van der Waals surface area contributed by atoms with Gasteiger partial charge in [0.1, 0.15) is 5.69 Å². The van der Waals surface area contributed by atoms with Crippen LogP contribution in [0, 0.1) is 16.0 Å². The lowest BCUT2D eigenvalue weighted by Gasteiger charge is -2.32. The summed E-state index contributed by atoms with van der Waals surface area (Å²) < 4.78 is 26.5. The highest BCUT2D eigenvalue weighted by molar-refractivity contribution is 7.89. The molecule has 26 heavy (non-hydrogen) atoms. The van der Waals surface area contributed by atoms with Crippen molar-refractivity contribution in [3.8, 4) is 0 Å². The summed E-state index contributed by atoms with van der Waals surface area (Å²) in [5.41, 5.74) is 5.42. The van der Waals surface area contributed by atoms with Crippen LogP contribution in [0.2, 0.25) is 0 Å². The fraction of sp³-hybridized carbons (Fsp3) is 0.562. The van der Waals surface area contributed by atoms with E-state index < -0.39 is 14.9 Å². The van der Waals surface area contributed by atoms with Gasteiger partial charge in [0, 0.05) is 38.2 Å². The first-order valence-electron chi connectivity index (χ1n) is 8.55. The van der Waals surface area contributed by atoms with Gasteiger partial charge in [0.2, 0.25) is 15.9 Å². The maximum absolute atomic E-state index is 12.6. The van der Waals surface area contributed by atoms with Gasteiger partial charge in [0.25, 0.3) is 5.69 Å². The van der Waals surface area contributed by atoms with Crippen molar-refractivity contribution >= 4 is 27.3 Å². The number of carbonyl (C=O) groups excluding carboxylic acids is 1. The molecule has 1 saturated heterocycles. The van der Waals surface area contributed by atoms with E-state index in [9.17, 15) is 23.3 Å². The summed E-state index contributed by atoms with van der Waals surface area (Å²) >= 11 is 0. The van der Waals surface area contributed by atoms with Gasteiger partial charge < -0.3 is 10.6 Å². The number of nitrogens with two attached hydrogens (primary N) is 1. The van der Waals surface area contributed by atoms with Crippen LogP contribution in [-0.2, 0) is 14.8 Å². The number of benzene rings is 1. The summed E-state index contributed by atoms with van der Waals surface area (Å²) in [5, 5.41) is 11.5. The molecule has 0 aromatic heterocycles. The third-order valence-electron chi connectivity index (χ3n) is 4.72. The van der Waals surface area contributed by atoms with Gasteiger partial charge in [-0.2, -0.15) is 4.31 Å². The molecule has 1 fully saturated rings. The second-order valence-electron chi connectivity index (χ2n) is 6.16. The Balaban J connectivity index is 2.36. The molecular weight excluding hydrogens is 360 g/mol. The minimum atomic E-state index is -3.78. The number of hydrogen-bond acceptors (Lipinski definition) is 6. The normalized spacial score (nSPS) is 16.0. The summed E-state index contributed by atoms with van der Waals surface area (Å²) in [7, 11) is -3.78. The average molecular weight is 384 g/mol. The smallest absolute Gasteiger partial charge is 0.293 e. The van der Waals surface area contributed by atoms with Crippen LogP contribution in [0.1, 0.15) is 26.7 Å². The largest absolute Gasteiger partial charge is 0.369 e. The van der Waals surface area contributed by atoms with Gasteiger partial charge >= 0.3 is 0 Å². The molecule has 2 N–H and O–H groups in total. The molecule has 1 aromatic carbocycles. The van der Waals surface area contributed by atoms with Crippen LogP contribution in [0.3, 0.4) is 0 Å². The molecule has 1 aliphatic rings. The number of nitrogens with zero attached hydrogens (tertiary/aromatic N) is 3. The van der Waals surface area contributed by atoms with Gasteiger partial charge in [-0.15, -0.1) is 0 Å². The standard InChI is InChI=1S/C16H24N4O5S/c1-3-19(4-2)26(24,25)13-5-6-14(15(11-13)20(22)23)18-9-7-12(8-10-18)16(17)21/h5-6,11-12H,3-4,7-10H2,1-2H3,(H2,17,21). The number of carbonyl (C=O) groups is 1. The maximum Gasteiger partial charge on any atom is 0.293 e. The van der Waals surface area contributed by atoms with Crippen LogP contribution in [0.15, 0.2) is 23.1 Å². The molecule has 0 saturated carbocycles. The number of sulfonamides is 1. The average Bonchev–Trinajstić information content (AvgIpc) is 2.62. The van der Waals surface area contributed by atoms with Crippen LogP contribution in [-0.4, -0.2) is 49.7 Å². The van der Waals surface area contributed by atoms with Crippen molar-refractivity contribution in [1.82, 2.24) is 4.31 Å². The lowest BCUT2D eigenvalue weighted by molar-refractivity contribution is -0.384. The van der Waals surface area contributed by atoms with Crippen LogP contribution < -0.4 is 10.6 Å². The molecule has 1 heterocycles. The molecule has 0 aliphatic carbocycles. The van der Waals surface area contributed by atoms with Crippen molar-refractivity contribution in [2.45, 2.75) is 31.6 Å². The van der Waals surface area contributed by atoms with Crippen molar-refractivity contribution in [2.24, 2.45) is 11.7 Å². The third-order valence-corrected chi connectivity index (χ3v) is 6.77. The SMILES string of the molecule is CCN(CC)S(=O)(=O)c1ccc(N2CCC(C(N)=O)CC2)c([N+](=O)[O-])c1. The Bertz CT molecular complexity index is 784. The topological polar surface area (TPSA) is 127 Å². The molecule has 0 atom stereocenters. The number of nitro benzene ring substituents is 1. The fourth-order valence-corrected chi connectivity index (χ4v) is 4.67. The first kappa shape index (κ1) is 20.1. The van der Waals surface area contributed by atoms with Crippen molar-refractivity contribution in [1.29, 1.82) is 0 Å². The second kappa shape index (κ2) is 8.00. The summed E-state index contributed by atoms with van der Waals surface area (Å²) in [4.78, 5) is 23.9. The van der Waals surface area contributed by atoms with E-state index in [0.717, 1.165) is 6.07 Å². The fourth-order valence-electron chi connectivity index (χ4n) is 3.19. The lowest BCUT2D eigenvalue weighted by atomic mass is 9.96. The molecule has 144 valence electrons. The van der Waals surface area contributed by atoms with E-state index in [-0.39, 0.29) is 35.5 Å². The summed E-state index contributed by atoms with van der Waals surface area (Å²) in [5.74, 6) is -0.590. The van der Waals surface area contributed by atoms with Crippen molar-refractivity contribution < 1.29 is 18.1 Å². The lowest BCUT2D eigenvalue weighted by Crippen LogP contribution is -2.38. The predicted octanol–water partition coefficient (Wildman–Crippen LogP) is 1.33. The van der Waals surface area contributed by atoms with Gasteiger partial charge in [0.05, 0.1) is 9.82 Å². The number of primary amides is 1. The molecule has 0 unspecified atom stereocenters.